The fourth-order valence-corrected chi connectivity index (χ4v) is 3.75. The summed E-state index contributed by atoms with van der Waals surface area (Å²) in [5.41, 5.74) is 1.48. The number of aryl methyl sites for hydroxylation is 2. The number of aliphatic hydroxyl groups is 1. The molecule has 0 aliphatic heterocycles. The Morgan fingerprint density at radius 2 is 1.74 bits per heavy atom. The van der Waals surface area contributed by atoms with Crippen molar-refractivity contribution in [2.24, 2.45) is 0 Å². The highest BCUT2D eigenvalue weighted by atomic mass is 19.2. The van der Waals surface area contributed by atoms with Gasteiger partial charge in [0.1, 0.15) is 18.2 Å². The van der Waals surface area contributed by atoms with Gasteiger partial charge in [0.15, 0.2) is 11.6 Å². The molecule has 0 bridgehead atoms. The van der Waals surface area contributed by atoms with Crippen LogP contribution in [-0.2, 0) is 6.61 Å². The number of pyridine rings is 1. The topological polar surface area (TPSA) is 75.9 Å². The minimum Gasteiger partial charge on any atom is -0.473 e. The van der Waals surface area contributed by atoms with Gasteiger partial charge >= 0.3 is 0 Å². The quantitative estimate of drug-likeness (QED) is 0.296. The lowest BCUT2D eigenvalue weighted by atomic mass is 10.1. The molecule has 6 nitrogen and oxygen atoms in total. The smallest absolute Gasteiger partial charge is 0.255 e. The van der Waals surface area contributed by atoms with Crippen LogP contribution >= 0.6 is 0 Å². The highest BCUT2D eigenvalue weighted by Crippen LogP contribution is 2.26. The van der Waals surface area contributed by atoms with E-state index in [9.17, 15) is 27.5 Å². The van der Waals surface area contributed by atoms with Gasteiger partial charge in [-0.25, -0.2) is 17.6 Å². The average molecular weight is 487 g/mol. The summed E-state index contributed by atoms with van der Waals surface area (Å²) in [5.74, 6) is -4.41. The Morgan fingerprint density at radius 3 is 2.43 bits per heavy atom. The van der Waals surface area contributed by atoms with Crippen molar-refractivity contribution in [3.8, 4) is 5.88 Å². The van der Waals surface area contributed by atoms with Gasteiger partial charge in [-0.2, -0.15) is 9.61 Å². The number of ether oxygens (including phenoxy) is 1. The van der Waals surface area contributed by atoms with Gasteiger partial charge in [0, 0.05) is 6.07 Å². The van der Waals surface area contributed by atoms with E-state index >= 15 is 0 Å². The summed E-state index contributed by atoms with van der Waals surface area (Å²) in [6, 6.07) is 9.30. The van der Waals surface area contributed by atoms with Crippen molar-refractivity contribution in [1.82, 2.24) is 14.9 Å². The normalized spacial score (nSPS) is 12.1. The molecular weight excluding hydrogens is 466 g/mol. The van der Waals surface area contributed by atoms with Crippen molar-refractivity contribution in [2.45, 2.75) is 26.5 Å². The maximum absolute atomic E-state index is 14.0. The van der Waals surface area contributed by atoms with Crippen molar-refractivity contribution in [3.63, 3.8) is 0 Å². The van der Waals surface area contributed by atoms with Crippen LogP contribution in [0.2, 0.25) is 0 Å². The zero-order valence-electron chi connectivity index (χ0n) is 18.8. The van der Waals surface area contributed by atoms with E-state index in [1.165, 1.54) is 28.8 Å². The monoisotopic (exact) mass is 487 g/mol. The number of halogens is 4. The summed E-state index contributed by atoms with van der Waals surface area (Å²) >= 11 is 0. The molecule has 35 heavy (non-hydrogen) atoms. The maximum atomic E-state index is 14.0. The molecule has 0 spiro atoms. The SMILES string of the molecule is Cc1cc(OCc2c(F)ccc(F)c2F)n2nc(C)c(C(=O)NC(CO)c3ccc(F)cc3)c2c1. The second-order valence-corrected chi connectivity index (χ2v) is 8.00. The summed E-state index contributed by atoms with van der Waals surface area (Å²) in [7, 11) is 0. The Bertz CT molecular complexity index is 1400. The molecule has 10 heteroatoms. The number of carbonyl (C=O) groups is 1. The third-order valence-electron chi connectivity index (χ3n) is 5.51. The summed E-state index contributed by atoms with van der Waals surface area (Å²) in [6.07, 6.45) is 0. The van der Waals surface area contributed by atoms with Crippen molar-refractivity contribution in [3.05, 3.63) is 99.7 Å². The van der Waals surface area contributed by atoms with Crippen molar-refractivity contribution >= 4 is 11.4 Å². The molecule has 0 saturated carbocycles. The van der Waals surface area contributed by atoms with Crippen molar-refractivity contribution in [2.75, 3.05) is 6.61 Å². The zero-order valence-corrected chi connectivity index (χ0v) is 18.8. The van der Waals surface area contributed by atoms with Gasteiger partial charge in [-0.1, -0.05) is 12.1 Å². The number of carbonyl (C=O) groups excluding carboxylic acids is 1. The van der Waals surface area contributed by atoms with E-state index in [4.69, 9.17) is 4.74 Å². The van der Waals surface area contributed by atoms with Gasteiger partial charge in [-0.3, -0.25) is 4.79 Å². The second kappa shape index (κ2) is 9.75. The van der Waals surface area contributed by atoms with E-state index in [1.54, 1.807) is 26.0 Å². The highest BCUT2D eigenvalue weighted by molar-refractivity contribution is 6.02. The van der Waals surface area contributed by atoms with Crippen molar-refractivity contribution in [1.29, 1.82) is 0 Å². The fourth-order valence-electron chi connectivity index (χ4n) is 3.75. The Labute approximate surface area is 197 Å². The van der Waals surface area contributed by atoms with Gasteiger partial charge < -0.3 is 15.2 Å². The van der Waals surface area contributed by atoms with Crippen LogP contribution in [0.15, 0.2) is 48.5 Å². The number of benzene rings is 2. The Kier molecular flexibility index (Phi) is 6.74. The number of nitrogens with one attached hydrogen (secondary N) is 1. The molecule has 1 unspecified atom stereocenters. The van der Waals surface area contributed by atoms with Gasteiger partial charge in [0.25, 0.3) is 5.91 Å². The molecule has 2 aromatic carbocycles. The van der Waals surface area contributed by atoms with Crippen LogP contribution in [0.5, 0.6) is 5.88 Å². The zero-order chi connectivity index (χ0) is 25.3. The predicted molar refractivity (Wildman–Crippen MR) is 119 cm³/mol. The summed E-state index contributed by atoms with van der Waals surface area (Å²) < 4.78 is 61.7. The van der Waals surface area contributed by atoms with Crippen LogP contribution in [0.1, 0.15) is 38.8 Å². The van der Waals surface area contributed by atoms with Crippen LogP contribution in [-0.4, -0.2) is 27.2 Å². The molecule has 0 aliphatic carbocycles. The molecule has 1 atom stereocenters. The second-order valence-electron chi connectivity index (χ2n) is 8.00. The molecule has 4 aromatic rings. The van der Waals surface area contributed by atoms with Crippen molar-refractivity contribution < 1.29 is 32.2 Å². The van der Waals surface area contributed by atoms with E-state index in [2.05, 4.69) is 10.4 Å². The average Bonchev–Trinajstić information content (AvgIpc) is 3.16. The third kappa shape index (κ3) is 4.83. The molecule has 0 fully saturated rings. The summed E-state index contributed by atoms with van der Waals surface area (Å²) in [6.45, 7) is 2.30. The minimum absolute atomic E-state index is 0.0856. The fraction of sp³-hybridized carbons (Fsp3) is 0.200. The molecule has 0 saturated heterocycles. The van der Waals surface area contributed by atoms with Gasteiger partial charge in [0.2, 0.25) is 5.88 Å². The summed E-state index contributed by atoms with van der Waals surface area (Å²) in [4.78, 5) is 13.1. The summed E-state index contributed by atoms with van der Waals surface area (Å²) in [5, 5.41) is 16.8. The first-order chi connectivity index (χ1) is 16.7. The highest BCUT2D eigenvalue weighted by Gasteiger charge is 2.23. The standard InChI is InChI=1S/C25H21F4N3O3/c1-13-9-21-23(25(34)30-20(11-33)15-3-5-16(26)6-4-15)14(2)31-32(21)22(10-13)35-12-17-18(27)7-8-19(28)24(17)29/h3-10,20,33H,11-12H2,1-2H3,(H,30,34). The third-order valence-corrected chi connectivity index (χ3v) is 5.51. The molecule has 182 valence electrons. The van der Waals surface area contributed by atoms with E-state index in [0.29, 0.717) is 28.4 Å². The lowest BCUT2D eigenvalue weighted by Crippen LogP contribution is -2.31. The van der Waals surface area contributed by atoms with Gasteiger partial charge in [-0.05, 0) is 55.3 Å². The number of hydrogen-bond acceptors (Lipinski definition) is 4. The number of hydrogen-bond donors (Lipinski definition) is 2. The lowest BCUT2D eigenvalue weighted by Gasteiger charge is -2.17. The molecular formula is C25H21F4N3O3. The number of fused-ring (bicyclic) bond motifs is 1. The Morgan fingerprint density at radius 1 is 1.06 bits per heavy atom. The first kappa shape index (κ1) is 24.2. The van der Waals surface area contributed by atoms with Crippen LogP contribution in [0.3, 0.4) is 0 Å². The van der Waals surface area contributed by atoms with E-state index < -0.39 is 54.0 Å². The Hall–Kier alpha value is -3.92. The minimum atomic E-state index is -1.35. The molecule has 2 aromatic heterocycles. The number of amides is 1. The van der Waals surface area contributed by atoms with E-state index in [-0.39, 0.29) is 11.4 Å². The molecule has 0 radical (unpaired) electrons. The number of nitrogens with zero attached hydrogens (tertiary/aromatic N) is 2. The first-order valence-electron chi connectivity index (χ1n) is 10.6. The molecule has 2 N–H and O–H groups in total. The number of rotatable bonds is 7. The molecule has 0 aliphatic rings. The van der Waals surface area contributed by atoms with Gasteiger partial charge in [-0.15, -0.1) is 0 Å². The van der Waals surface area contributed by atoms with Crippen LogP contribution in [0, 0.1) is 37.1 Å². The largest absolute Gasteiger partial charge is 0.473 e. The Balaban J connectivity index is 1.65. The van der Waals surface area contributed by atoms with Crippen LogP contribution in [0.4, 0.5) is 17.6 Å². The number of aromatic nitrogens is 2. The van der Waals surface area contributed by atoms with E-state index in [0.717, 1.165) is 6.07 Å². The number of aliphatic hydroxyl groups excluding tert-OH is 1. The lowest BCUT2D eigenvalue weighted by molar-refractivity contribution is 0.0917. The van der Waals surface area contributed by atoms with Gasteiger partial charge in [0.05, 0.1) is 35.0 Å². The molecule has 2 heterocycles. The molecule has 4 rings (SSSR count). The van der Waals surface area contributed by atoms with Crippen LogP contribution < -0.4 is 10.1 Å². The molecule has 1 amide bonds. The van der Waals surface area contributed by atoms with Crippen LogP contribution in [0.25, 0.3) is 5.52 Å². The van der Waals surface area contributed by atoms with E-state index in [1.807, 2.05) is 0 Å². The first-order valence-corrected chi connectivity index (χ1v) is 10.6. The maximum Gasteiger partial charge on any atom is 0.255 e. The predicted octanol–water partition coefficient (Wildman–Crippen LogP) is 4.55.